The predicted molar refractivity (Wildman–Crippen MR) is 76.9 cm³/mol. The molecule has 0 saturated heterocycles. The van der Waals surface area contributed by atoms with Gasteiger partial charge in [0, 0.05) is 28.8 Å². The number of hydrogen-bond acceptors (Lipinski definition) is 3. The van der Waals surface area contributed by atoms with Crippen molar-refractivity contribution in [2.45, 2.75) is 6.18 Å². The fraction of sp³-hybridized carbons (Fsp3) is 0.0625. The Kier molecular flexibility index (Phi) is 6.87. The molecule has 0 radical (unpaired) electrons. The number of allylic oxidation sites excluding steroid dienone is 5. The number of aliphatic hydroxyl groups is 1. The summed E-state index contributed by atoms with van der Waals surface area (Å²) in [7, 11) is 0. The third-order valence-electron chi connectivity index (χ3n) is 2.73. The summed E-state index contributed by atoms with van der Waals surface area (Å²) in [6.45, 7) is 0. The van der Waals surface area contributed by atoms with Crippen molar-refractivity contribution >= 4 is 5.76 Å². The van der Waals surface area contributed by atoms with Crippen LogP contribution in [0.5, 0.6) is 0 Å². The van der Waals surface area contributed by atoms with Gasteiger partial charge < -0.3 is 5.11 Å². The maximum Gasteiger partial charge on any atom is 0.434 e. The molecule has 2 aromatic rings. The van der Waals surface area contributed by atoms with Crippen LogP contribution < -0.4 is 0 Å². The summed E-state index contributed by atoms with van der Waals surface area (Å²) in [5, 5.41) is 9.76. The van der Waals surface area contributed by atoms with Crippen LogP contribution in [0.4, 0.5) is 13.2 Å². The number of alkyl halides is 3. The van der Waals surface area contributed by atoms with Crippen LogP contribution in [0.25, 0.3) is 5.76 Å². The van der Waals surface area contributed by atoms with Crippen molar-refractivity contribution in [3.05, 3.63) is 84.0 Å². The van der Waals surface area contributed by atoms with Gasteiger partial charge in [0.15, 0.2) is 5.69 Å². The second-order valence-electron chi connectivity index (χ2n) is 4.27. The summed E-state index contributed by atoms with van der Waals surface area (Å²) >= 11 is 0. The number of aromatic nitrogens is 2. The molecule has 3 nitrogen and oxygen atoms in total. The maximum atomic E-state index is 12.6. The van der Waals surface area contributed by atoms with Crippen LogP contribution in [0.15, 0.2) is 72.7 Å². The van der Waals surface area contributed by atoms with E-state index < -0.39 is 23.2 Å². The van der Waals surface area contributed by atoms with Crippen LogP contribution in [0.1, 0.15) is 11.3 Å². The van der Waals surface area contributed by atoms with Crippen molar-refractivity contribution in [2.24, 2.45) is 0 Å². The van der Waals surface area contributed by atoms with Crippen molar-refractivity contribution in [1.29, 1.82) is 0 Å². The van der Waals surface area contributed by atoms with Gasteiger partial charge in [0.05, 0.1) is 5.56 Å². The summed E-state index contributed by atoms with van der Waals surface area (Å²) in [6, 6.07) is 10.0. The first-order valence-corrected chi connectivity index (χ1v) is 6.32. The molecule has 0 saturated carbocycles. The van der Waals surface area contributed by atoms with Gasteiger partial charge in [0.25, 0.3) is 0 Å². The van der Waals surface area contributed by atoms with Crippen LogP contribution in [0.3, 0.4) is 0 Å². The molecule has 1 aliphatic rings. The first-order valence-electron chi connectivity index (χ1n) is 6.32. The van der Waals surface area contributed by atoms with Crippen molar-refractivity contribution in [3.63, 3.8) is 0 Å². The normalized spacial score (nSPS) is 12.4. The zero-order valence-electron chi connectivity index (χ0n) is 11.7. The molecule has 1 aromatic carbocycles. The standard InChI is InChI=1S/C11H7F3N2O.C5H5.Fe/c12-11(13,14)10-8(5-15-6-16-10)9(17)7-3-1-2-4-7;1-2-4-5-3-1;/h1-6,17H;1-5H;/q;-1;. The van der Waals surface area contributed by atoms with Crippen molar-refractivity contribution in [3.8, 4) is 0 Å². The Bertz CT molecular complexity index is 673. The fourth-order valence-corrected chi connectivity index (χ4v) is 1.74. The Morgan fingerprint density at radius 2 is 1.70 bits per heavy atom. The molecule has 0 fully saturated rings. The quantitative estimate of drug-likeness (QED) is 0.468. The number of hydrogen-bond donors (Lipinski definition) is 1. The Balaban J connectivity index is 0.000000377. The molecule has 3 rings (SSSR count). The summed E-state index contributed by atoms with van der Waals surface area (Å²) in [6.07, 6.45) is 3.35. The molecule has 1 N–H and O–H groups in total. The van der Waals surface area contributed by atoms with E-state index in [0.29, 0.717) is 5.57 Å². The molecule has 0 amide bonds. The van der Waals surface area contributed by atoms with Crippen molar-refractivity contribution in [1.82, 2.24) is 9.97 Å². The van der Waals surface area contributed by atoms with Gasteiger partial charge in [-0.2, -0.15) is 31.4 Å². The Morgan fingerprint density at radius 1 is 1.09 bits per heavy atom. The number of halogens is 3. The molecular formula is C16H12F3FeN2O-. The summed E-state index contributed by atoms with van der Waals surface area (Å²) in [4.78, 5) is 6.66. The first kappa shape index (κ1) is 18.8. The van der Waals surface area contributed by atoms with Gasteiger partial charge in [-0.25, -0.2) is 22.1 Å². The van der Waals surface area contributed by atoms with Gasteiger partial charge >= 0.3 is 6.18 Å². The molecule has 0 aliphatic heterocycles. The van der Waals surface area contributed by atoms with E-state index in [1.54, 1.807) is 12.2 Å². The number of nitrogens with zero attached hydrogens (tertiary/aromatic N) is 2. The molecule has 0 bridgehead atoms. The summed E-state index contributed by atoms with van der Waals surface area (Å²) < 4.78 is 37.9. The van der Waals surface area contributed by atoms with Crippen LogP contribution in [-0.2, 0) is 23.2 Å². The fourth-order valence-electron chi connectivity index (χ4n) is 1.74. The van der Waals surface area contributed by atoms with E-state index in [4.69, 9.17) is 0 Å². The van der Waals surface area contributed by atoms with Gasteiger partial charge in [0.1, 0.15) is 12.1 Å². The third kappa shape index (κ3) is 5.16. The largest absolute Gasteiger partial charge is 0.507 e. The van der Waals surface area contributed by atoms with E-state index in [9.17, 15) is 18.3 Å². The second kappa shape index (κ2) is 8.41. The van der Waals surface area contributed by atoms with Crippen molar-refractivity contribution in [2.75, 3.05) is 0 Å². The van der Waals surface area contributed by atoms with Gasteiger partial charge in [0.2, 0.25) is 0 Å². The summed E-state index contributed by atoms with van der Waals surface area (Å²) in [5.41, 5.74) is -1.28. The zero-order chi connectivity index (χ0) is 16.0. The zero-order valence-corrected chi connectivity index (χ0v) is 12.8. The molecule has 7 heteroatoms. The Hall–Kier alpha value is -2.24. The third-order valence-corrected chi connectivity index (χ3v) is 2.73. The molecule has 23 heavy (non-hydrogen) atoms. The van der Waals surface area contributed by atoms with Crippen LogP contribution in [-0.4, -0.2) is 15.1 Å². The minimum Gasteiger partial charge on any atom is -0.507 e. The van der Waals surface area contributed by atoms with E-state index in [0.717, 1.165) is 12.5 Å². The number of rotatable bonds is 1. The first-order chi connectivity index (χ1) is 10.5. The minimum atomic E-state index is -4.63. The van der Waals surface area contributed by atoms with Crippen molar-refractivity contribution < 1.29 is 35.3 Å². The molecule has 0 unspecified atom stereocenters. The van der Waals surface area contributed by atoms with Gasteiger partial charge in [-0.3, -0.25) is 0 Å². The van der Waals surface area contributed by atoms with Gasteiger partial charge in [-0.1, -0.05) is 24.3 Å². The van der Waals surface area contributed by atoms with E-state index in [1.165, 1.54) is 12.2 Å². The van der Waals surface area contributed by atoms with E-state index in [2.05, 4.69) is 9.97 Å². The van der Waals surface area contributed by atoms with Gasteiger partial charge in [-0.05, 0) is 0 Å². The van der Waals surface area contributed by atoms with E-state index >= 15 is 0 Å². The van der Waals surface area contributed by atoms with Crippen LogP contribution in [0.2, 0.25) is 0 Å². The van der Waals surface area contributed by atoms with Crippen LogP contribution >= 0.6 is 0 Å². The molecule has 0 spiro atoms. The topological polar surface area (TPSA) is 46.0 Å². The molecule has 122 valence electrons. The molecule has 1 heterocycles. The monoisotopic (exact) mass is 361 g/mol. The Morgan fingerprint density at radius 3 is 2.17 bits per heavy atom. The SMILES string of the molecule is OC(=C1C=CC=C1)c1cncnc1C(F)(F)F.[Fe].c1cc[cH-]c1. The molecular weight excluding hydrogens is 349 g/mol. The number of aliphatic hydroxyl groups excluding tert-OH is 1. The molecule has 0 atom stereocenters. The summed E-state index contributed by atoms with van der Waals surface area (Å²) in [5.74, 6) is -0.483. The average molecular weight is 361 g/mol. The minimum absolute atomic E-state index is 0. The second-order valence-corrected chi connectivity index (χ2v) is 4.27. The molecule has 1 aliphatic carbocycles. The Labute approximate surface area is 141 Å². The van der Waals surface area contributed by atoms with E-state index in [1.807, 2.05) is 30.3 Å². The van der Waals surface area contributed by atoms with Gasteiger partial charge in [-0.15, -0.1) is 0 Å². The smallest absolute Gasteiger partial charge is 0.434 e. The average Bonchev–Trinajstić information content (AvgIpc) is 3.21. The maximum absolute atomic E-state index is 12.6. The molecule has 1 aromatic heterocycles. The predicted octanol–water partition coefficient (Wildman–Crippen LogP) is 4.29. The van der Waals surface area contributed by atoms with Crippen LogP contribution in [0, 0.1) is 0 Å². The van der Waals surface area contributed by atoms with E-state index in [-0.39, 0.29) is 17.1 Å².